The van der Waals surface area contributed by atoms with E-state index in [1.807, 2.05) is 37.3 Å². The maximum absolute atomic E-state index is 12.7. The van der Waals surface area contributed by atoms with Gasteiger partial charge in [0.15, 0.2) is 5.16 Å². The summed E-state index contributed by atoms with van der Waals surface area (Å²) in [5, 5.41) is 13.0. The van der Waals surface area contributed by atoms with Crippen LogP contribution in [0.3, 0.4) is 0 Å². The topological polar surface area (TPSA) is 70.1 Å². The molecule has 0 aliphatic rings. The number of halogens is 3. The van der Waals surface area contributed by atoms with E-state index >= 15 is 0 Å². The smallest absolute Gasteiger partial charge is 0.263 e. The standard InChI is InChI=1S/C21H22F2N4OS2.CH3F/c1-14(12-28)24-18-11-19(27-30-17-9-7-16(8-10-17)20(22)23)26-21(25-18)29-13-15-5-3-2-4-6-15;1-2/h2-11,14,20,28H,12-13H2,1H3,(H2,24,25,26,27);1H3/t14-;/m1./s1. The molecule has 0 aliphatic carbocycles. The summed E-state index contributed by atoms with van der Waals surface area (Å²) in [7, 11) is 0.500. The van der Waals surface area contributed by atoms with Crippen LogP contribution in [0.4, 0.5) is 24.8 Å². The van der Waals surface area contributed by atoms with Crippen molar-refractivity contribution in [2.75, 3.05) is 23.8 Å². The average Bonchev–Trinajstić information content (AvgIpc) is 2.83. The average molecular weight is 483 g/mol. The number of aliphatic hydroxyl groups is 1. The fourth-order valence-electron chi connectivity index (χ4n) is 2.43. The van der Waals surface area contributed by atoms with Crippen LogP contribution in [-0.2, 0) is 5.75 Å². The number of hydrogen-bond acceptors (Lipinski definition) is 7. The number of benzene rings is 2. The molecule has 32 heavy (non-hydrogen) atoms. The number of anilines is 2. The second-order valence-electron chi connectivity index (χ2n) is 6.50. The number of hydrogen-bond donors (Lipinski definition) is 3. The van der Waals surface area contributed by atoms with E-state index in [1.165, 1.54) is 35.8 Å². The van der Waals surface area contributed by atoms with Crippen LogP contribution >= 0.6 is 23.7 Å². The lowest BCUT2D eigenvalue weighted by Gasteiger charge is -2.14. The van der Waals surface area contributed by atoms with Crippen LogP contribution in [0.5, 0.6) is 0 Å². The Balaban J connectivity index is 0.00000176. The summed E-state index contributed by atoms with van der Waals surface area (Å²) in [4.78, 5) is 9.85. The number of nitrogens with zero attached hydrogens (tertiary/aromatic N) is 2. The van der Waals surface area contributed by atoms with Crippen molar-refractivity contribution in [3.63, 3.8) is 0 Å². The summed E-state index contributed by atoms with van der Waals surface area (Å²) in [6.45, 7) is 1.83. The van der Waals surface area contributed by atoms with Crippen LogP contribution in [-0.4, -0.2) is 34.9 Å². The van der Waals surface area contributed by atoms with Gasteiger partial charge in [-0.1, -0.05) is 54.2 Å². The van der Waals surface area contributed by atoms with Crippen molar-refractivity contribution in [2.24, 2.45) is 0 Å². The van der Waals surface area contributed by atoms with E-state index in [0.29, 0.717) is 24.0 Å². The Morgan fingerprint density at radius 1 is 0.969 bits per heavy atom. The fourth-order valence-corrected chi connectivity index (χ4v) is 3.84. The zero-order valence-corrected chi connectivity index (χ0v) is 19.3. The Morgan fingerprint density at radius 3 is 2.25 bits per heavy atom. The van der Waals surface area contributed by atoms with Crippen LogP contribution in [0.1, 0.15) is 24.5 Å². The Kier molecular flexibility index (Phi) is 11.2. The molecule has 3 N–H and O–H groups in total. The third kappa shape index (κ3) is 8.60. The van der Waals surface area contributed by atoms with E-state index < -0.39 is 6.43 Å². The van der Waals surface area contributed by atoms with E-state index in [9.17, 15) is 18.3 Å². The number of aliphatic hydroxyl groups excluding tert-OH is 1. The molecule has 0 fully saturated rings. The number of alkyl halides is 3. The fraction of sp³-hybridized carbons (Fsp3) is 0.273. The van der Waals surface area contributed by atoms with Gasteiger partial charge in [0, 0.05) is 28.3 Å². The van der Waals surface area contributed by atoms with Crippen molar-refractivity contribution >= 4 is 35.3 Å². The van der Waals surface area contributed by atoms with Gasteiger partial charge in [0.25, 0.3) is 6.43 Å². The Morgan fingerprint density at radius 2 is 1.62 bits per heavy atom. The summed E-state index contributed by atoms with van der Waals surface area (Å²) < 4.78 is 38.0. The summed E-state index contributed by atoms with van der Waals surface area (Å²) >= 11 is 2.78. The van der Waals surface area contributed by atoms with E-state index in [4.69, 9.17) is 0 Å². The van der Waals surface area contributed by atoms with Crippen molar-refractivity contribution in [2.45, 2.75) is 35.2 Å². The summed E-state index contributed by atoms with van der Waals surface area (Å²) in [5.74, 6) is 1.90. The van der Waals surface area contributed by atoms with Gasteiger partial charge in [-0.3, -0.25) is 4.39 Å². The molecular formula is C22H25F3N4OS2. The molecule has 0 bridgehead atoms. The quantitative estimate of drug-likeness (QED) is 0.180. The van der Waals surface area contributed by atoms with Gasteiger partial charge in [-0.2, -0.15) is 0 Å². The Hall–Kier alpha value is -2.43. The maximum Gasteiger partial charge on any atom is 0.263 e. The molecule has 10 heteroatoms. The molecule has 0 amide bonds. The first-order valence-corrected chi connectivity index (χ1v) is 11.5. The molecule has 172 valence electrons. The van der Waals surface area contributed by atoms with Crippen LogP contribution in [0.25, 0.3) is 0 Å². The molecule has 0 saturated heterocycles. The molecule has 1 heterocycles. The van der Waals surface area contributed by atoms with Crippen molar-refractivity contribution in [3.05, 3.63) is 71.8 Å². The zero-order valence-electron chi connectivity index (χ0n) is 17.6. The van der Waals surface area contributed by atoms with Crippen LogP contribution in [0.15, 0.2) is 70.7 Å². The monoisotopic (exact) mass is 482 g/mol. The van der Waals surface area contributed by atoms with E-state index in [-0.39, 0.29) is 18.2 Å². The zero-order chi connectivity index (χ0) is 23.3. The minimum absolute atomic E-state index is 0.00883. The first-order chi connectivity index (χ1) is 15.5. The molecule has 3 rings (SSSR count). The molecular weight excluding hydrogens is 457 g/mol. The largest absolute Gasteiger partial charge is 0.394 e. The third-order valence-corrected chi connectivity index (χ3v) is 5.73. The number of thioether (sulfide) groups is 1. The van der Waals surface area contributed by atoms with Gasteiger partial charge in [-0.15, -0.1) is 0 Å². The lowest BCUT2D eigenvalue weighted by atomic mass is 10.2. The highest BCUT2D eigenvalue weighted by Crippen LogP contribution is 2.27. The summed E-state index contributed by atoms with van der Waals surface area (Å²) in [5.41, 5.74) is 1.15. The lowest BCUT2D eigenvalue weighted by molar-refractivity contribution is 0.151. The Labute approximate surface area is 194 Å². The highest BCUT2D eigenvalue weighted by Gasteiger charge is 2.10. The van der Waals surface area contributed by atoms with Crippen molar-refractivity contribution in [1.29, 1.82) is 0 Å². The van der Waals surface area contributed by atoms with Gasteiger partial charge in [0.2, 0.25) is 0 Å². The minimum Gasteiger partial charge on any atom is -0.394 e. The molecule has 1 aromatic heterocycles. The SMILES string of the molecule is CF.C[C@H](CO)Nc1cc(NSc2ccc(C(F)F)cc2)nc(SCc2ccccc2)n1. The van der Waals surface area contributed by atoms with Gasteiger partial charge in [-0.25, -0.2) is 18.7 Å². The third-order valence-electron chi connectivity index (χ3n) is 3.99. The molecule has 2 aromatic carbocycles. The first kappa shape index (κ1) is 25.8. The number of nitrogens with one attached hydrogen (secondary N) is 2. The summed E-state index contributed by atoms with van der Waals surface area (Å²) in [6, 6.07) is 17.7. The molecule has 3 aromatic rings. The molecule has 0 unspecified atom stereocenters. The van der Waals surface area contributed by atoms with Crippen molar-refractivity contribution in [3.8, 4) is 0 Å². The second kappa shape index (κ2) is 13.9. The molecule has 5 nitrogen and oxygen atoms in total. The second-order valence-corrected chi connectivity index (χ2v) is 8.32. The predicted octanol–water partition coefficient (Wildman–Crippen LogP) is 6.20. The van der Waals surface area contributed by atoms with Crippen molar-refractivity contribution in [1.82, 2.24) is 9.97 Å². The van der Waals surface area contributed by atoms with Crippen molar-refractivity contribution < 1.29 is 18.3 Å². The van der Waals surface area contributed by atoms with Gasteiger partial charge in [-0.05, 0) is 36.6 Å². The van der Waals surface area contributed by atoms with E-state index in [0.717, 1.165) is 16.2 Å². The molecule has 0 saturated carbocycles. The van der Waals surface area contributed by atoms with Gasteiger partial charge in [0.1, 0.15) is 11.6 Å². The first-order valence-electron chi connectivity index (χ1n) is 9.65. The van der Waals surface area contributed by atoms with Gasteiger partial charge in [0.05, 0.1) is 13.8 Å². The van der Waals surface area contributed by atoms with E-state index in [2.05, 4.69) is 20.0 Å². The Bertz CT molecular complexity index is 934. The number of rotatable bonds is 10. The summed E-state index contributed by atoms with van der Waals surface area (Å²) in [6.07, 6.45) is -2.48. The van der Waals surface area contributed by atoms with Crippen LogP contribution in [0.2, 0.25) is 0 Å². The van der Waals surface area contributed by atoms with Crippen LogP contribution < -0.4 is 10.0 Å². The van der Waals surface area contributed by atoms with E-state index in [1.54, 1.807) is 18.2 Å². The normalized spacial score (nSPS) is 11.5. The lowest BCUT2D eigenvalue weighted by Crippen LogP contribution is -2.20. The van der Waals surface area contributed by atoms with Crippen LogP contribution in [0, 0.1) is 0 Å². The number of aromatic nitrogens is 2. The predicted molar refractivity (Wildman–Crippen MR) is 126 cm³/mol. The molecule has 0 aliphatic heterocycles. The minimum atomic E-state index is -2.48. The highest BCUT2D eigenvalue weighted by molar-refractivity contribution is 8.00. The maximum atomic E-state index is 12.7. The molecule has 0 spiro atoms. The highest BCUT2D eigenvalue weighted by atomic mass is 32.2. The van der Waals surface area contributed by atoms with Gasteiger partial charge >= 0.3 is 0 Å². The molecule has 0 radical (unpaired) electrons. The molecule has 1 atom stereocenters. The van der Waals surface area contributed by atoms with Gasteiger partial charge < -0.3 is 15.1 Å².